The van der Waals surface area contributed by atoms with E-state index in [9.17, 15) is 17.6 Å². The summed E-state index contributed by atoms with van der Waals surface area (Å²) in [5, 5.41) is 8.71. The highest BCUT2D eigenvalue weighted by Gasteiger charge is 2.30. The molecule has 2 N–H and O–H groups in total. The third-order valence-corrected chi connectivity index (χ3v) is 4.03. The van der Waals surface area contributed by atoms with Crippen LogP contribution in [-0.4, -0.2) is 35.7 Å². The third-order valence-electron chi connectivity index (χ3n) is 4.03. The molecule has 0 unspecified atom stereocenters. The Morgan fingerprint density at radius 3 is 2.54 bits per heavy atom. The second-order valence-electron chi connectivity index (χ2n) is 6.04. The van der Waals surface area contributed by atoms with E-state index in [-0.39, 0.29) is 24.0 Å². The van der Waals surface area contributed by atoms with Crippen molar-refractivity contribution in [2.75, 3.05) is 5.73 Å². The van der Waals surface area contributed by atoms with E-state index in [1.807, 2.05) is 0 Å². The summed E-state index contributed by atoms with van der Waals surface area (Å²) < 4.78 is 54.0. The number of hydrogen-bond donors (Lipinski definition) is 1. The molecule has 28 heavy (non-hydrogen) atoms. The van der Waals surface area contributed by atoms with Crippen molar-refractivity contribution in [3.8, 4) is 11.5 Å². The standard InChI is InChI=1S/C17H13F4N7/c18-12-6-2-1-4-10(12)8-27-15-11(5-3-7-23-15)13(25-27)14-24-16(22)28(26-14)9-17(19,20)21/h1-7H,8-9H2,(H2,22,24,26). The van der Waals surface area contributed by atoms with Gasteiger partial charge in [0.2, 0.25) is 11.8 Å². The molecule has 4 rings (SSSR count). The summed E-state index contributed by atoms with van der Waals surface area (Å²) in [5.41, 5.74) is 6.60. The van der Waals surface area contributed by atoms with Crippen LogP contribution in [-0.2, 0) is 13.1 Å². The lowest BCUT2D eigenvalue weighted by Gasteiger charge is -2.05. The predicted octanol–water partition coefficient (Wildman–Crippen LogP) is 3.02. The fraction of sp³-hybridized carbons (Fsp3) is 0.176. The number of fused-ring (bicyclic) bond motifs is 1. The molecule has 0 aliphatic carbocycles. The van der Waals surface area contributed by atoms with Crippen LogP contribution in [0.1, 0.15) is 5.56 Å². The lowest BCUT2D eigenvalue weighted by molar-refractivity contribution is -0.142. The number of alkyl halides is 3. The molecule has 3 aromatic heterocycles. The first-order valence-electron chi connectivity index (χ1n) is 8.14. The van der Waals surface area contributed by atoms with Crippen molar-refractivity contribution in [3.63, 3.8) is 0 Å². The first kappa shape index (κ1) is 17.9. The minimum absolute atomic E-state index is 0.0629. The minimum Gasteiger partial charge on any atom is -0.368 e. The van der Waals surface area contributed by atoms with Gasteiger partial charge >= 0.3 is 6.18 Å². The highest BCUT2D eigenvalue weighted by Crippen LogP contribution is 2.27. The molecule has 1 aromatic carbocycles. The van der Waals surface area contributed by atoms with Gasteiger partial charge in [0.1, 0.15) is 18.1 Å². The summed E-state index contributed by atoms with van der Waals surface area (Å²) in [4.78, 5) is 8.15. The second kappa shape index (κ2) is 6.59. The van der Waals surface area contributed by atoms with E-state index < -0.39 is 18.5 Å². The molecule has 7 nitrogen and oxygen atoms in total. The van der Waals surface area contributed by atoms with Crippen molar-refractivity contribution in [3.05, 3.63) is 54.0 Å². The molecule has 0 bridgehead atoms. The highest BCUT2D eigenvalue weighted by atomic mass is 19.4. The Hall–Kier alpha value is -3.50. The van der Waals surface area contributed by atoms with E-state index >= 15 is 0 Å². The summed E-state index contributed by atoms with van der Waals surface area (Å²) in [7, 11) is 0. The number of aromatic nitrogens is 6. The fourth-order valence-electron chi connectivity index (χ4n) is 2.81. The topological polar surface area (TPSA) is 87.4 Å². The normalized spacial score (nSPS) is 12.0. The zero-order valence-corrected chi connectivity index (χ0v) is 14.2. The van der Waals surface area contributed by atoms with Gasteiger partial charge in [0, 0.05) is 11.8 Å². The second-order valence-corrected chi connectivity index (χ2v) is 6.04. The molecule has 0 spiro atoms. The first-order valence-corrected chi connectivity index (χ1v) is 8.14. The van der Waals surface area contributed by atoms with E-state index in [2.05, 4.69) is 20.2 Å². The molecule has 0 aliphatic rings. The zero-order valence-electron chi connectivity index (χ0n) is 14.2. The number of nitrogens with two attached hydrogens (primary N) is 1. The van der Waals surface area contributed by atoms with E-state index in [0.29, 0.717) is 21.3 Å². The van der Waals surface area contributed by atoms with Gasteiger partial charge in [-0.1, -0.05) is 18.2 Å². The van der Waals surface area contributed by atoms with E-state index in [4.69, 9.17) is 5.73 Å². The molecule has 0 fully saturated rings. The summed E-state index contributed by atoms with van der Waals surface area (Å²) in [6.07, 6.45) is -2.96. The van der Waals surface area contributed by atoms with Crippen molar-refractivity contribution >= 4 is 17.0 Å². The Morgan fingerprint density at radius 2 is 1.79 bits per heavy atom. The van der Waals surface area contributed by atoms with E-state index in [0.717, 1.165) is 0 Å². The molecule has 0 amide bonds. The van der Waals surface area contributed by atoms with E-state index in [1.54, 1.807) is 30.3 Å². The molecule has 11 heteroatoms. The number of nitrogen functional groups attached to an aromatic ring is 1. The van der Waals surface area contributed by atoms with Crippen LogP contribution in [0.2, 0.25) is 0 Å². The monoisotopic (exact) mass is 391 g/mol. The number of pyridine rings is 1. The van der Waals surface area contributed by atoms with Crippen LogP contribution in [0.3, 0.4) is 0 Å². The summed E-state index contributed by atoms with van der Waals surface area (Å²) >= 11 is 0. The maximum atomic E-state index is 14.0. The lowest BCUT2D eigenvalue weighted by atomic mass is 10.2. The highest BCUT2D eigenvalue weighted by molar-refractivity contribution is 5.89. The van der Waals surface area contributed by atoms with Gasteiger partial charge in [0.25, 0.3) is 0 Å². The molecule has 144 valence electrons. The molecular weight excluding hydrogens is 378 g/mol. The van der Waals surface area contributed by atoms with Gasteiger partial charge in [-0.05, 0) is 18.2 Å². The van der Waals surface area contributed by atoms with Crippen LogP contribution in [0.5, 0.6) is 0 Å². The van der Waals surface area contributed by atoms with Crippen LogP contribution in [0.25, 0.3) is 22.6 Å². The Morgan fingerprint density at radius 1 is 1.00 bits per heavy atom. The van der Waals surface area contributed by atoms with Gasteiger partial charge in [-0.3, -0.25) is 0 Å². The number of rotatable bonds is 4. The molecule has 4 aromatic rings. The molecule has 0 radical (unpaired) electrons. The smallest absolute Gasteiger partial charge is 0.368 e. The average Bonchev–Trinajstić information content (AvgIpc) is 3.17. The Kier molecular flexibility index (Phi) is 4.21. The van der Waals surface area contributed by atoms with Crippen LogP contribution in [0, 0.1) is 5.82 Å². The minimum atomic E-state index is -4.49. The van der Waals surface area contributed by atoms with Gasteiger partial charge in [-0.25, -0.2) is 18.7 Å². The quantitative estimate of drug-likeness (QED) is 0.541. The Labute approximate surface area is 155 Å². The molecule has 3 heterocycles. The first-order chi connectivity index (χ1) is 13.3. The van der Waals surface area contributed by atoms with Gasteiger partial charge < -0.3 is 5.73 Å². The van der Waals surface area contributed by atoms with Crippen LogP contribution in [0.15, 0.2) is 42.6 Å². The summed E-state index contributed by atoms with van der Waals surface area (Å²) in [5.74, 6) is -0.847. The van der Waals surface area contributed by atoms with Crippen molar-refractivity contribution < 1.29 is 17.6 Å². The molecular formula is C17H13F4N7. The third kappa shape index (κ3) is 3.38. The molecule has 0 atom stereocenters. The number of hydrogen-bond acceptors (Lipinski definition) is 5. The van der Waals surface area contributed by atoms with Crippen molar-refractivity contribution in [2.24, 2.45) is 0 Å². The van der Waals surface area contributed by atoms with Crippen LogP contribution >= 0.6 is 0 Å². The van der Waals surface area contributed by atoms with Crippen molar-refractivity contribution in [1.82, 2.24) is 29.5 Å². The summed E-state index contributed by atoms with van der Waals surface area (Å²) in [6.45, 7) is -1.28. The van der Waals surface area contributed by atoms with Crippen LogP contribution < -0.4 is 5.73 Å². The summed E-state index contributed by atoms with van der Waals surface area (Å²) in [6, 6.07) is 9.54. The molecule has 0 saturated heterocycles. The number of halogens is 4. The number of nitrogens with zero attached hydrogens (tertiary/aromatic N) is 6. The maximum Gasteiger partial charge on any atom is 0.408 e. The average molecular weight is 391 g/mol. The zero-order chi connectivity index (χ0) is 19.9. The molecule has 0 saturated carbocycles. The van der Waals surface area contributed by atoms with Gasteiger partial charge in [-0.15, -0.1) is 5.10 Å². The van der Waals surface area contributed by atoms with E-state index in [1.165, 1.54) is 16.9 Å². The Bertz CT molecular complexity index is 1150. The lowest BCUT2D eigenvalue weighted by Crippen LogP contribution is -2.20. The van der Waals surface area contributed by atoms with Gasteiger partial charge in [-0.2, -0.15) is 23.3 Å². The van der Waals surface area contributed by atoms with Crippen molar-refractivity contribution in [2.45, 2.75) is 19.3 Å². The number of benzene rings is 1. The number of anilines is 1. The predicted molar refractivity (Wildman–Crippen MR) is 92.5 cm³/mol. The van der Waals surface area contributed by atoms with Gasteiger partial charge in [0.05, 0.1) is 11.9 Å². The Balaban J connectivity index is 1.79. The largest absolute Gasteiger partial charge is 0.408 e. The molecule has 0 aliphatic heterocycles. The maximum absolute atomic E-state index is 14.0. The van der Waals surface area contributed by atoms with Crippen molar-refractivity contribution in [1.29, 1.82) is 0 Å². The fourth-order valence-corrected chi connectivity index (χ4v) is 2.81. The van der Waals surface area contributed by atoms with Crippen LogP contribution in [0.4, 0.5) is 23.5 Å². The SMILES string of the molecule is Nc1nc(-c2nn(Cc3ccccc3F)c3ncccc23)nn1CC(F)(F)F. The van der Waals surface area contributed by atoms with Gasteiger partial charge in [0.15, 0.2) is 5.65 Å².